The Morgan fingerprint density at radius 1 is 1.24 bits per heavy atom. The van der Waals surface area contributed by atoms with Gasteiger partial charge in [-0.2, -0.15) is 15.0 Å². The predicted molar refractivity (Wildman–Crippen MR) is 66.7 cm³/mol. The average Bonchev–Trinajstić information content (AvgIpc) is 2.12. The number of aromatic nitrogens is 3. The second-order valence-corrected chi connectivity index (χ2v) is 5.42. The molecule has 1 aromatic rings. The van der Waals surface area contributed by atoms with Crippen molar-refractivity contribution in [2.75, 3.05) is 18.0 Å². The largest absolute Gasteiger partial charge is 0.369 e. The molecule has 0 saturated carbocycles. The summed E-state index contributed by atoms with van der Waals surface area (Å²) in [5.74, 6) is 0.498. The molecule has 1 aliphatic rings. The van der Waals surface area contributed by atoms with Gasteiger partial charge in [0.2, 0.25) is 16.5 Å². The summed E-state index contributed by atoms with van der Waals surface area (Å²) < 4.78 is 5.81. The van der Waals surface area contributed by atoms with E-state index >= 15 is 0 Å². The summed E-state index contributed by atoms with van der Waals surface area (Å²) in [6, 6.07) is 0. The van der Waals surface area contributed by atoms with Crippen LogP contribution in [0.5, 0.6) is 0 Å². The van der Waals surface area contributed by atoms with Crippen molar-refractivity contribution in [3.05, 3.63) is 10.6 Å². The van der Waals surface area contributed by atoms with Gasteiger partial charge in [-0.3, -0.25) is 0 Å². The molecular formula is C10H14Cl2N4O. The molecule has 0 spiro atoms. The van der Waals surface area contributed by atoms with Crippen molar-refractivity contribution in [3.8, 4) is 0 Å². The molecule has 1 atom stereocenters. The lowest BCUT2D eigenvalue weighted by Gasteiger charge is -2.41. The third kappa shape index (κ3) is 3.18. The van der Waals surface area contributed by atoms with Crippen LogP contribution in [0.15, 0.2) is 0 Å². The van der Waals surface area contributed by atoms with E-state index in [-0.39, 0.29) is 22.3 Å². The maximum Gasteiger partial charge on any atom is 0.231 e. The van der Waals surface area contributed by atoms with Crippen LogP contribution in [0.1, 0.15) is 20.8 Å². The Morgan fingerprint density at radius 2 is 1.82 bits per heavy atom. The fraction of sp³-hybridized carbons (Fsp3) is 0.700. The summed E-state index contributed by atoms with van der Waals surface area (Å²) in [7, 11) is 0. The van der Waals surface area contributed by atoms with Gasteiger partial charge < -0.3 is 9.64 Å². The van der Waals surface area contributed by atoms with E-state index in [4.69, 9.17) is 27.9 Å². The number of halogens is 2. The van der Waals surface area contributed by atoms with Gasteiger partial charge in [-0.1, -0.05) is 0 Å². The first-order chi connectivity index (χ1) is 7.85. The molecule has 1 fully saturated rings. The Labute approximate surface area is 110 Å². The van der Waals surface area contributed by atoms with Crippen LogP contribution in [0, 0.1) is 0 Å². The van der Waals surface area contributed by atoms with Gasteiger partial charge in [0.1, 0.15) is 0 Å². The molecule has 2 rings (SSSR count). The summed E-state index contributed by atoms with van der Waals surface area (Å²) in [5.41, 5.74) is -0.247. The minimum atomic E-state index is -0.247. The number of anilines is 1. The molecule has 7 heteroatoms. The van der Waals surface area contributed by atoms with Crippen LogP contribution >= 0.6 is 23.2 Å². The molecule has 0 amide bonds. The SMILES string of the molecule is CC1CN(c2nc(Cl)nc(Cl)n2)CC(C)(C)O1. The summed E-state index contributed by atoms with van der Waals surface area (Å²) in [4.78, 5) is 13.9. The highest BCUT2D eigenvalue weighted by Gasteiger charge is 2.32. The summed E-state index contributed by atoms with van der Waals surface area (Å²) in [6.07, 6.45) is 0.105. The van der Waals surface area contributed by atoms with Gasteiger partial charge in [-0.25, -0.2) is 0 Å². The molecule has 94 valence electrons. The van der Waals surface area contributed by atoms with E-state index in [0.717, 1.165) is 0 Å². The normalized spacial score (nSPS) is 23.8. The van der Waals surface area contributed by atoms with Crippen molar-refractivity contribution in [1.82, 2.24) is 15.0 Å². The Hall–Kier alpha value is -0.650. The lowest BCUT2D eigenvalue weighted by molar-refractivity contribution is -0.0753. The Balaban J connectivity index is 2.26. The number of rotatable bonds is 1. The van der Waals surface area contributed by atoms with E-state index in [0.29, 0.717) is 19.0 Å². The van der Waals surface area contributed by atoms with Gasteiger partial charge in [0.25, 0.3) is 0 Å². The van der Waals surface area contributed by atoms with E-state index in [9.17, 15) is 0 Å². The Bertz CT molecular complexity index is 407. The molecule has 1 aliphatic heterocycles. The van der Waals surface area contributed by atoms with Crippen molar-refractivity contribution in [3.63, 3.8) is 0 Å². The fourth-order valence-corrected chi connectivity index (χ4v) is 2.42. The minimum Gasteiger partial charge on any atom is -0.369 e. The lowest BCUT2D eigenvalue weighted by atomic mass is 10.1. The van der Waals surface area contributed by atoms with E-state index in [1.807, 2.05) is 25.7 Å². The fourth-order valence-electron chi connectivity index (χ4n) is 2.06. The molecule has 1 saturated heterocycles. The Kier molecular flexibility index (Phi) is 3.43. The zero-order chi connectivity index (χ0) is 12.6. The molecule has 0 radical (unpaired) electrons. The van der Waals surface area contributed by atoms with Gasteiger partial charge in [0.05, 0.1) is 11.7 Å². The van der Waals surface area contributed by atoms with Crippen LogP contribution in [0.25, 0.3) is 0 Å². The second-order valence-electron chi connectivity index (χ2n) is 4.74. The zero-order valence-electron chi connectivity index (χ0n) is 9.94. The first-order valence-electron chi connectivity index (χ1n) is 5.35. The first-order valence-corrected chi connectivity index (χ1v) is 6.11. The van der Waals surface area contributed by atoms with Crippen LogP contribution < -0.4 is 4.90 Å². The van der Waals surface area contributed by atoms with Gasteiger partial charge in [0, 0.05) is 13.1 Å². The van der Waals surface area contributed by atoms with Crippen molar-refractivity contribution >= 4 is 29.2 Å². The molecule has 0 aromatic carbocycles. The molecule has 1 unspecified atom stereocenters. The number of hydrogen-bond acceptors (Lipinski definition) is 5. The first kappa shape index (κ1) is 12.8. The number of morpholine rings is 1. The van der Waals surface area contributed by atoms with Gasteiger partial charge in [-0.05, 0) is 44.0 Å². The number of ether oxygens (including phenoxy) is 1. The lowest BCUT2D eigenvalue weighted by Crippen LogP contribution is -2.52. The van der Waals surface area contributed by atoms with Crippen molar-refractivity contribution in [2.45, 2.75) is 32.5 Å². The third-order valence-electron chi connectivity index (χ3n) is 2.42. The van der Waals surface area contributed by atoms with Crippen LogP contribution in [0.3, 0.4) is 0 Å². The van der Waals surface area contributed by atoms with Gasteiger partial charge >= 0.3 is 0 Å². The summed E-state index contributed by atoms with van der Waals surface area (Å²) in [6.45, 7) is 7.46. The molecule has 2 heterocycles. The van der Waals surface area contributed by atoms with E-state index in [1.165, 1.54) is 0 Å². The minimum absolute atomic E-state index is 0.105. The van der Waals surface area contributed by atoms with E-state index in [2.05, 4.69) is 15.0 Å². The van der Waals surface area contributed by atoms with Crippen LogP contribution in [-0.2, 0) is 4.74 Å². The van der Waals surface area contributed by atoms with Crippen LogP contribution in [-0.4, -0.2) is 39.7 Å². The highest BCUT2D eigenvalue weighted by atomic mass is 35.5. The van der Waals surface area contributed by atoms with E-state index < -0.39 is 0 Å². The number of nitrogens with zero attached hydrogens (tertiary/aromatic N) is 4. The van der Waals surface area contributed by atoms with Crippen molar-refractivity contribution in [1.29, 1.82) is 0 Å². The second kappa shape index (κ2) is 4.55. The van der Waals surface area contributed by atoms with Gasteiger partial charge in [0.15, 0.2) is 0 Å². The highest BCUT2D eigenvalue weighted by Crippen LogP contribution is 2.24. The standard InChI is InChI=1S/C10H14Cl2N4O/c1-6-4-16(5-10(2,3)17-6)9-14-7(11)13-8(12)15-9/h6H,4-5H2,1-3H3. The average molecular weight is 277 g/mol. The highest BCUT2D eigenvalue weighted by molar-refractivity contribution is 6.31. The topological polar surface area (TPSA) is 51.1 Å². The quantitative estimate of drug-likeness (QED) is 0.787. The van der Waals surface area contributed by atoms with Crippen molar-refractivity contribution < 1.29 is 4.74 Å². The monoisotopic (exact) mass is 276 g/mol. The number of hydrogen-bond donors (Lipinski definition) is 0. The summed E-state index contributed by atoms with van der Waals surface area (Å²) >= 11 is 11.5. The molecule has 0 N–H and O–H groups in total. The molecule has 0 aliphatic carbocycles. The zero-order valence-corrected chi connectivity index (χ0v) is 11.5. The molecule has 17 heavy (non-hydrogen) atoms. The summed E-state index contributed by atoms with van der Waals surface area (Å²) in [5, 5.41) is 0.217. The predicted octanol–water partition coefficient (Wildman–Crippen LogP) is 2.18. The maximum absolute atomic E-state index is 5.81. The molecule has 1 aromatic heterocycles. The van der Waals surface area contributed by atoms with Crippen molar-refractivity contribution in [2.24, 2.45) is 0 Å². The smallest absolute Gasteiger partial charge is 0.231 e. The third-order valence-corrected chi connectivity index (χ3v) is 2.76. The molecule has 0 bridgehead atoms. The maximum atomic E-state index is 5.81. The Morgan fingerprint density at radius 3 is 2.35 bits per heavy atom. The van der Waals surface area contributed by atoms with E-state index in [1.54, 1.807) is 0 Å². The van der Waals surface area contributed by atoms with Gasteiger partial charge in [-0.15, -0.1) is 0 Å². The van der Waals surface area contributed by atoms with Crippen LogP contribution in [0.4, 0.5) is 5.95 Å². The van der Waals surface area contributed by atoms with Crippen LogP contribution in [0.2, 0.25) is 10.6 Å². The molecular weight excluding hydrogens is 263 g/mol. The molecule has 5 nitrogen and oxygen atoms in total.